The lowest BCUT2D eigenvalue weighted by Crippen LogP contribution is -2.34. The summed E-state index contributed by atoms with van der Waals surface area (Å²) in [6.45, 7) is 2.41. The lowest BCUT2D eigenvalue weighted by molar-refractivity contribution is 0.0963. The van der Waals surface area contributed by atoms with Crippen LogP contribution in [-0.2, 0) is 0 Å². The Morgan fingerprint density at radius 2 is 1.76 bits per heavy atom. The zero-order valence-corrected chi connectivity index (χ0v) is 10.6. The van der Waals surface area contributed by atoms with E-state index in [9.17, 15) is 8.78 Å². The number of nitrogens with zero attached hydrogens (tertiary/aromatic N) is 1. The fraction of sp³-hybridized carbons (Fsp3) is 0.538. The first-order valence-corrected chi connectivity index (χ1v) is 5.73. The maximum absolute atomic E-state index is 12.2. The Morgan fingerprint density at radius 1 is 1.18 bits per heavy atom. The molecule has 0 aliphatic carbocycles. The van der Waals surface area contributed by atoms with Crippen molar-refractivity contribution in [3.63, 3.8) is 0 Å². The Kier molecular flexibility index (Phi) is 5.51. The summed E-state index contributed by atoms with van der Waals surface area (Å²) in [4.78, 5) is 1.64. The Bertz CT molecular complexity index is 325. The molecular weight excluding hydrogens is 222 g/mol. The summed E-state index contributed by atoms with van der Waals surface area (Å²) in [6.07, 6.45) is -2.28. The second-order valence-electron chi connectivity index (χ2n) is 4.36. The van der Waals surface area contributed by atoms with Crippen LogP contribution < -0.4 is 5.32 Å². The van der Waals surface area contributed by atoms with Crippen molar-refractivity contribution in [2.45, 2.75) is 19.4 Å². The van der Waals surface area contributed by atoms with Crippen LogP contribution in [-0.4, -0.2) is 38.5 Å². The summed E-state index contributed by atoms with van der Waals surface area (Å²) in [5.74, 6) is 0. The van der Waals surface area contributed by atoms with E-state index in [2.05, 4.69) is 5.32 Å². The summed E-state index contributed by atoms with van der Waals surface area (Å²) in [5.41, 5.74) is 2.32. The van der Waals surface area contributed by atoms with Gasteiger partial charge in [0.05, 0.1) is 6.54 Å². The third-order valence-electron chi connectivity index (χ3n) is 2.77. The highest BCUT2D eigenvalue weighted by Gasteiger charge is 2.14. The highest BCUT2D eigenvalue weighted by atomic mass is 19.3. The maximum atomic E-state index is 12.2. The van der Waals surface area contributed by atoms with Gasteiger partial charge in [0.15, 0.2) is 0 Å². The van der Waals surface area contributed by atoms with Gasteiger partial charge >= 0.3 is 0 Å². The molecule has 0 aliphatic heterocycles. The number of benzene rings is 1. The van der Waals surface area contributed by atoms with Gasteiger partial charge in [0.25, 0.3) is 6.43 Å². The Balaban J connectivity index is 2.62. The second-order valence-corrected chi connectivity index (χ2v) is 4.36. The maximum Gasteiger partial charge on any atom is 0.251 e. The van der Waals surface area contributed by atoms with E-state index < -0.39 is 6.43 Å². The van der Waals surface area contributed by atoms with Crippen LogP contribution in [0.3, 0.4) is 0 Å². The molecule has 17 heavy (non-hydrogen) atoms. The van der Waals surface area contributed by atoms with Gasteiger partial charge in [-0.25, -0.2) is 8.78 Å². The minimum atomic E-state index is -2.28. The van der Waals surface area contributed by atoms with E-state index >= 15 is 0 Å². The standard InChI is InChI=1S/C13H20F2N2/c1-10-4-6-11(7-5-10)12(16-2)8-17(3)9-13(14)15/h4-7,12-13,16H,8-9H2,1-3H3. The fourth-order valence-electron chi connectivity index (χ4n) is 1.78. The number of aryl methyl sites for hydroxylation is 1. The Hall–Kier alpha value is -1.00. The van der Waals surface area contributed by atoms with Crippen LogP contribution in [0, 0.1) is 6.92 Å². The van der Waals surface area contributed by atoms with Gasteiger partial charge in [0.2, 0.25) is 0 Å². The summed E-state index contributed by atoms with van der Waals surface area (Å²) in [5, 5.41) is 3.16. The van der Waals surface area contributed by atoms with Crippen molar-refractivity contribution in [3.05, 3.63) is 35.4 Å². The van der Waals surface area contributed by atoms with Crippen molar-refractivity contribution in [1.82, 2.24) is 10.2 Å². The molecule has 0 saturated heterocycles. The summed E-state index contributed by atoms with van der Waals surface area (Å²) >= 11 is 0. The lowest BCUT2D eigenvalue weighted by atomic mass is 10.0. The quantitative estimate of drug-likeness (QED) is 0.824. The van der Waals surface area contributed by atoms with Crippen LogP contribution in [0.15, 0.2) is 24.3 Å². The molecular formula is C13H20F2N2. The lowest BCUT2D eigenvalue weighted by Gasteiger charge is -2.24. The topological polar surface area (TPSA) is 15.3 Å². The molecule has 1 unspecified atom stereocenters. The van der Waals surface area contributed by atoms with E-state index in [0.29, 0.717) is 6.54 Å². The molecule has 0 radical (unpaired) electrons. The molecule has 0 saturated carbocycles. The van der Waals surface area contributed by atoms with Gasteiger partial charge in [0.1, 0.15) is 0 Å². The number of likely N-dealkylation sites (N-methyl/N-ethyl adjacent to an activating group) is 2. The van der Waals surface area contributed by atoms with Crippen LogP contribution in [0.4, 0.5) is 8.78 Å². The van der Waals surface area contributed by atoms with Crippen molar-refractivity contribution in [1.29, 1.82) is 0 Å². The zero-order valence-electron chi connectivity index (χ0n) is 10.6. The molecule has 1 atom stereocenters. The smallest absolute Gasteiger partial charge is 0.251 e. The molecule has 0 heterocycles. The van der Waals surface area contributed by atoms with Gasteiger partial charge in [-0.1, -0.05) is 29.8 Å². The van der Waals surface area contributed by atoms with E-state index in [0.717, 1.165) is 5.56 Å². The fourth-order valence-corrected chi connectivity index (χ4v) is 1.78. The van der Waals surface area contributed by atoms with E-state index in [-0.39, 0.29) is 12.6 Å². The predicted octanol–water partition coefficient (Wildman–Crippen LogP) is 2.45. The van der Waals surface area contributed by atoms with Crippen LogP contribution in [0.5, 0.6) is 0 Å². The van der Waals surface area contributed by atoms with Gasteiger partial charge < -0.3 is 5.32 Å². The average Bonchev–Trinajstić information content (AvgIpc) is 2.26. The number of halogens is 2. The van der Waals surface area contributed by atoms with E-state index in [1.165, 1.54) is 5.56 Å². The van der Waals surface area contributed by atoms with Gasteiger partial charge in [-0.15, -0.1) is 0 Å². The van der Waals surface area contributed by atoms with E-state index in [1.807, 2.05) is 38.2 Å². The molecule has 1 rings (SSSR count). The summed E-state index contributed by atoms with van der Waals surface area (Å²) in [6, 6.07) is 8.22. The van der Waals surface area contributed by atoms with Gasteiger partial charge in [-0.2, -0.15) is 0 Å². The first-order chi connectivity index (χ1) is 8.02. The van der Waals surface area contributed by atoms with Crippen molar-refractivity contribution < 1.29 is 8.78 Å². The van der Waals surface area contributed by atoms with Crippen LogP contribution in [0.25, 0.3) is 0 Å². The molecule has 1 aromatic rings. The van der Waals surface area contributed by atoms with Gasteiger partial charge in [0, 0.05) is 12.6 Å². The molecule has 1 aromatic carbocycles. The SMILES string of the molecule is CNC(CN(C)CC(F)F)c1ccc(C)cc1. The monoisotopic (exact) mass is 242 g/mol. The highest BCUT2D eigenvalue weighted by Crippen LogP contribution is 2.14. The molecule has 0 bridgehead atoms. The number of alkyl halides is 2. The molecule has 0 aromatic heterocycles. The molecule has 4 heteroatoms. The molecule has 0 amide bonds. The van der Waals surface area contributed by atoms with E-state index in [1.54, 1.807) is 11.9 Å². The molecule has 0 aliphatic rings. The van der Waals surface area contributed by atoms with E-state index in [4.69, 9.17) is 0 Å². The third-order valence-corrected chi connectivity index (χ3v) is 2.77. The highest BCUT2D eigenvalue weighted by molar-refractivity contribution is 5.24. The Morgan fingerprint density at radius 3 is 2.24 bits per heavy atom. The van der Waals surface area contributed by atoms with Gasteiger partial charge in [-0.3, -0.25) is 4.90 Å². The molecule has 2 nitrogen and oxygen atoms in total. The minimum absolute atomic E-state index is 0.0827. The normalized spacial score (nSPS) is 13.4. The molecule has 1 N–H and O–H groups in total. The van der Waals surface area contributed by atoms with Crippen LogP contribution >= 0.6 is 0 Å². The van der Waals surface area contributed by atoms with Gasteiger partial charge in [-0.05, 0) is 26.6 Å². The summed E-state index contributed by atoms with van der Waals surface area (Å²) < 4.78 is 24.5. The van der Waals surface area contributed by atoms with Crippen LogP contribution in [0.2, 0.25) is 0 Å². The minimum Gasteiger partial charge on any atom is -0.312 e. The largest absolute Gasteiger partial charge is 0.312 e. The Labute approximate surface area is 102 Å². The number of nitrogens with one attached hydrogen (secondary N) is 1. The first kappa shape index (κ1) is 14.1. The van der Waals surface area contributed by atoms with Crippen molar-refractivity contribution in [2.24, 2.45) is 0 Å². The number of hydrogen-bond donors (Lipinski definition) is 1. The molecule has 96 valence electrons. The molecule has 0 fully saturated rings. The average molecular weight is 242 g/mol. The third kappa shape index (κ3) is 4.79. The predicted molar refractivity (Wildman–Crippen MR) is 66.5 cm³/mol. The van der Waals surface area contributed by atoms with Crippen molar-refractivity contribution in [2.75, 3.05) is 27.2 Å². The van der Waals surface area contributed by atoms with Crippen LogP contribution in [0.1, 0.15) is 17.2 Å². The number of hydrogen-bond acceptors (Lipinski definition) is 2. The van der Waals surface area contributed by atoms with Crippen molar-refractivity contribution in [3.8, 4) is 0 Å². The van der Waals surface area contributed by atoms with Crippen molar-refractivity contribution >= 4 is 0 Å². The first-order valence-electron chi connectivity index (χ1n) is 5.73. The second kappa shape index (κ2) is 6.67. The summed E-state index contributed by atoms with van der Waals surface area (Å²) in [7, 11) is 3.56. The number of rotatable bonds is 6. The zero-order chi connectivity index (χ0) is 12.8. The molecule has 0 spiro atoms.